The normalized spacial score (nSPS) is 12.4. The van der Waals surface area contributed by atoms with Crippen LogP contribution in [0, 0.1) is 0 Å². The number of aromatic carboxylic acids is 1. The first-order valence-electron chi connectivity index (χ1n) is 9.46. The van der Waals surface area contributed by atoms with Gasteiger partial charge in [0.2, 0.25) is 0 Å². The van der Waals surface area contributed by atoms with Gasteiger partial charge in [-0.05, 0) is 34.4 Å². The van der Waals surface area contributed by atoms with Crippen LogP contribution in [0.15, 0.2) is 72.9 Å². The zero-order valence-corrected chi connectivity index (χ0v) is 15.8. The number of carboxylic acid groups (broad SMARTS) is 1. The predicted octanol–water partition coefficient (Wildman–Crippen LogP) is 4.39. The Morgan fingerprint density at radius 2 is 1.60 bits per heavy atom. The molecule has 0 bridgehead atoms. The van der Waals surface area contributed by atoms with E-state index in [-0.39, 0.29) is 24.0 Å². The first kappa shape index (κ1) is 17.9. The van der Waals surface area contributed by atoms with Gasteiger partial charge in [0.05, 0.1) is 0 Å². The molecule has 2 heterocycles. The van der Waals surface area contributed by atoms with Crippen molar-refractivity contribution in [1.29, 1.82) is 0 Å². The number of fused-ring (bicyclic) bond motifs is 4. The molecule has 4 aromatic rings. The van der Waals surface area contributed by atoms with Gasteiger partial charge in [-0.3, -0.25) is 9.72 Å². The third-order valence-corrected chi connectivity index (χ3v) is 5.30. The molecule has 2 N–H and O–H groups in total. The van der Waals surface area contributed by atoms with Gasteiger partial charge in [0.25, 0.3) is 0 Å². The number of aromatic nitrogens is 2. The molecule has 5 rings (SSSR count). The molecule has 1 aliphatic rings. The molecule has 148 valence electrons. The summed E-state index contributed by atoms with van der Waals surface area (Å²) in [6.45, 7) is 0.138. The summed E-state index contributed by atoms with van der Waals surface area (Å²) in [5.41, 5.74) is 4.66. The Morgan fingerprint density at radius 3 is 2.27 bits per heavy atom. The third-order valence-electron chi connectivity index (χ3n) is 5.30. The average molecular weight is 399 g/mol. The predicted molar refractivity (Wildman–Crippen MR) is 111 cm³/mol. The van der Waals surface area contributed by atoms with E-state index in [0.717, 1.165) is 22.3 Å². The molecule has 7 heteroatoms. The highest BCUT2D eigenvalue weighted by atomic mass is 16.5. The smallest absolute Gasteiger partial charge is 0.412 e. The van der Waals surface area contributed by atoms with Crippen LogP contribution >= 0.6 is 0 Å². The number of rotatable bonds is 4. The fourth-order valence-electron chi connectivity index (χ4n) is 4.00. The van der Waals surface area contributed by atoms with Gasteiger partial charge in [0.15, 0.2) is 11.5 Å². The lowest BCUT2D eigenvalue weighted by Crippen LogP contribution is -2.20. The number of amides is 1. The van der Waals surface area contributed by atoms with Crippen LogP contribution in [0.2, 0.25) is 0 Å². The molecular weight excluding hydrogens is 382 g/mol. The summed E-state index contributed by atoms with van der Waals surface area (Å²) in [5.74, 6) is -1.24. The molecule has 30 heavy (non-hydrogen) atoms. The van der Waals surface area contributed by atoms with Gasteiger partial charge in [0.1, 0.15) is 12.3 Å². The molecule has 1 aliphatic carbocycles. The fourth-order valence-corrected chi connectivity index (χ4v) is 4.00. The van der Waals surface area contributed by atoms with Gasteiger partial charge in [-0.2, -0.15) is 0 Å². The Hall–Kier alpha value is -4.13. The maximum absolute atomic E-state index is 12.5. The SMILES string of the molecule is O=C(Nc1c(C(=O)O)nc2ccccn12)OCC1c2ccccc2-c2ccccc21. The van der Waals surface area contributed by atoms with Crippen LogP contribution in [0.1, 0.15) is 27.5 Å². The number of benzene rings is 2. The second-order valence-corrected chi connectivity index (χ2v) is 6.99. The number of imidazole rings is 1. The van der Waals surface area contributed by atoms with Crippen LogP contribution in [0.25, 0.3) is 16.8 Å². The van der Waals surface area contributed by atoms with E-state index in [1.54, 1.807) is 24.4 Å². The van der Waals surface area contributed by atoms with Crippen molar-refractivity contribution >= 4 is 23.5 Å². The number of ether oxygens (including phenoxy) is 1. The molecule has 1 amide bonds. The number of nitrogens with one attached hydrogen (secondary N) is 1. The average Bonchev–Trinajstić information content (AvgIpc) is 3.29. The van der Waals surface area contributed by atoms with Crippen molar-refractivity contribution in [3.05, 3.63) is 89.7 Å². The molecule has 0 spiro atoms. The molecule has 0 fully saturated rings. The summed E-state index contributed by atoms with van der Waals surface area (Å²) >= 11 is 0. The van der Waals surface area contributed by atoms with Crippen molar-refractivity contribution in [2.75, 3.05) is 11.9 Å². The Balaban J connectivity index is 1.39. The second-order valence-electron chi connectivity index (χ2n) is 6.99. The fraction of sp³-hybridized carbons (Fsp3) is 0.0870. The van der Waals surface area contributed by atoms with E-state index >= 15 is 0 Å². The van der Waals surface area contributed by atoms with Crippen molar-refractivity contribution in [2.45, 2.75) is 5.92 Å². The second kappa shape index (κ2) is 7.04. The van der Waals surface area contributed by atoms with E-state index in [9.17, 15) is 14.7 Å². The highest BCUT2D eigenvalue weighted by Crippen LogP contribution is 2.44. The van der Waals surface area contributed by atoms with Crippen molar-refractivity contribution < 1.29 is 19.4 Å². The van der Waals surface area contributed by atoms with Crippen LogP contribution in [-0.4, -0.2) is 33.2 Å². The first-order chi connectivity index (χ1) is 14.6. The van der Waals surface area contributed by atoms with Crippen LogP contribution in [0.5, 0.6) is 0 Å². The van der Waals surface area contributed by atoms with Gasteiger partial charge in [-0.1, -0.05) is 54.6 Å². The summed E-state index contributed by atoms with van der Waals surface area (Å²) < 4.78 is 7.02. The Labute approximate surface area is 171 Å². The molecule has 2 aromatic heterocycles. The van der Waals surface area contributed by atoms with E-state index in [0.29, 0.717) is 5.65 Å². The van der Waals surface area contributed by atoms with E-state index in [1.807, 2.05) is 36.4 Å². The molecular formula is C23H17N3O4. The number of carbonyl (C=O) groups is 2. The highest BCUT2D eigenvalue weighted by Gasteiger charge is 2.29. The molecule has 0 aliphatic heterocycles. The van der Waals surface area contributed by atoms with Crippen molar-refractivity contribution in [2.24, 2.45) is 0 Å². The number of hydrogen-bond donors (Lipinski definition) is 2. The summed E-state index contributed by atoms with van der Waals surface area (Å²) in [7, 11) is 0. The summed E-state index contributed by atoms with van der Waals surface area (Å²) in [4.78, 5) is 28.1. The number of hydrogen-bond acceptors (Lipinski definition) is 4. The lowest BCUT2D eigenvalue weighted by atomic mass is 9.98. The van der Waals surface area contributed by atoms with Gasteiger partial charge in [-0.25, -0.2) is 14.6 Å². The highest BCUT2D eigenvalue weighted by molar-refractivity contribution is 5.97. The zero-order valence-electron chi connectivity index (χ0n) is 15.8. The molecule has 2 aromatic carbocycles. The Kier molecular flexibility index (Phi) is 4.21. The molecule has 0 radical (unpaired) electrons. The number of pyridine rings is 1. The van der Waals surface area contributed by atoms with E-state index in [1.165, 1.54) is 4.40 Å². The Bertz CT molecular complexity index is 1250. The van der Waals surface area contributed by atoms with Crippen LogP contribution in [-0.2, 0) is 4.74 Å². The van der Waals surface area contributed by atoms with Gasteiger partial charge in [0, 0.05) is 12.1 Å². The standard InChI is InChI=1S/C23H17N3O4/c27-22(28)20-21(26-12-6-5-11-19(26)24-20)25-23(29)30-13-18-16-9-3-1-7-14(16)15-8-2-4-10-17(15)18/h1-12,18H,13H2,(H,25,29)(H,27,28). The van der Waals surface area contributed by atoms with Gasteiger partial charge in [-0.15, -0.1) is 0 Å². The molecule has 7 nitrogen and oxygen atoms in total. The largest absolute Gasteiger partial charge is 0.476 e. The van der Waals surface area contributed by atoms with Crippen molar-refractivity contribution in [1.82, 2.24) is 9.38 Å². The summed E-state index contributed by atoms with van der Waals surface area (Å²) in [5, 5.41) is 12.0. The lowest BCUT2D eigenvalue weighted by Gasteiger charge is -2.14. The lowest BCUT2D eigenvalue weighted by molar-refractivity contribution is 0.0692. The van der Waals surface area contributed by atoms with Gasteiger partial charge >= 0.3 is 12.1 Å². The van der Waals surface area contributed by atoms with Crippen LogP contribution in [0.4, 0.5) is 10.6 Å². The minimum absolute atomic E-state index is 0.0651. The van der Waals surface area contributed by atoms with Crippen LogP contribution in [0.3, 0.4) is 0 Å². The number of anilines is 1. The minimum Gasteiger partial charge on any atom is -0.476 e. The van der Waals surface area contributed by atoms with E-state index in [4.69, 9.17) is 4.74 Å². The number of carboxylic acids is 1. The quantitative estimate of drug-likeness (QED) is 0.531. The topological polar surface area (TPSA) is 92.9 Å². The molecule has 0 saturated heterocycles. The van der Waals surface area contributed by atoms with E-state index < -0.39 is 12.1 Å². The van der Waals surface area contributed by atoms with E-state index in [2.05, 4.69) is 22.4 Å². The maximum Gasteiger partial charge on any atom is 0.412 e. The summed E-state index contributed by atoms with van der Waals surface area (Å²) in [6.07, 6.45) is 0.901. The molecule has 0 atom stereocenters. The maximum atomic E-state index is 12.5. The monoisotopic (exact) mass is 399 g/mol. The van der Waals surface area contributed by atoms with Gasteiger partial charge < -0.3 is 9.84 Å². The molecule has 0 saturated carbocycles. The Morgan fingerprint density at radius 1 is 0.967 bits per heavy atom. The number of nitrogens with zero attached hydrogens (tertiary/aromatic N) is 2. The molecule has 0 unspecified atom stereocenters. The van der Waals surface area contributed by atoms with Crippen molar-refractivity contribution in [3.63, 3.8) is 0 Å². The van der Waals surface area contributed by atoms with Crippen LogP contribution < -0.4 is 5.32 Å². The summed E-state index contributed by atoms with van der Waals surface area (Å²) in [6, 6.07) is 21.2. The number of carbonyl (C=O) groups excluding carboxylic acids is 1. The third kappa shape index (κ3) is 2.88. The zero-order chi connectivity index (χ0) is 20.7. The van der Waals surface area contributed by atoms with Crippen molar-refractivity contribution in [3.8, 4) is 11.1 Å². The first-order valence-corrected chi connectivity index (χ1v) is 9.46. The minimum atomic E-state index is -1.23.